The van der Waals surface area contributed by atoms with Crippen LogP contribution in [0.5, 0.6) is 0 Å². The Morgan fingerprint density at radius 1 is 1.41 bits per heavy atom. The summed E-state index contributed by atoms with van der Waals surface area (Å²) in [6, 6.07) is 2.14. The molecule has 0 fully saturated rings. The lowest BCUT2D eigenvalue weighted by atomic mass is 10.2. The number of rotatable bonds is 9. The maximum absolute atomic E-state index is 11.1. The van der Waals surface area contributed by atoms with Gasteiger partial charge in [-0.15, -0.1) is 0 Å². The van der Waals surface area contributed by atoms with Crippen LogP contribution in [0.2, 0.25) is 0 Å². The van der Waals surface area contributed by atoms with Gasteiger partial charge in [-0.1, -0.05) is 6.42 Å². The van der Waals surface area contributed by atoms with Crippen LogP contribution in [0.4, 0.5) is 0 Å². The van der Waals surface area contributed by atoms with Crippen molar-refractivity contribution in [1.29, 1.82) is 0 Å². The molecular weight excluding hydrogens is 234 g/mol. The maximum Gasteiger partial charge on any atom is 0.305 e. The third-order valence-electron chi connectivity index (χ3n) is 2.45. The van der Waals surface area contributed by atoms with Crippen molar-refractivity contribution in [3.8, 4) is 0 Å². The standard InChI is InChI=1S/C13H21NO2S/c1-2-16-13(15)6-4-3-5-8-14-10-12-7-9-17-11-12/h7,9,11,14H,2-6,8,10H2,1H3. The molecule has 1 aromatic rings. The van der Waals surface area contributed by atoms with Gasteiger partial charge >= 0.3 is 5.97 Å². The fourth-order valence-electron chi connectivity index (χ4n) is 1.56. The van der Waals surface area contributed by atoms with Gasteiger partial charge < -0.3 is 10.1 Å². The van der Waals surface area contributed by atoms with Crippen LogP contribution in [0.1, 0.15) is 38.2 Å². The van der Waals surface area contributed by atoms with E-state index in [0.717, 1.165) is 32.4 Å². The van der Waals surface area contributed by atoms with Crippen molar-refractivity contribution < 1.29 is 9.53 Å². The second kappa shape index (κ2) is 9.19. The molecule has 0 bridgehead atoms. The van der Waals surface area contributed by atoms with E-state index in [1.807, 2.05) is 6.92 Å². The normalized spacial score (nSPS) is 10.4. The van der Waals surface area contributed by atoms with Crippen LogP contribution < -0.4 is 5.32 Å². The minimum atomic E-state index is -0.0706. The van der Waals surface area contributed by atoms with Crippen LogP contribution in [-0.2, 0) is 16.1 Å². The summed E-state index contributed by atoms with van der Waals surface area (Å²) in [4.78, 5) is 11.1. The number of thiophene rings is 1. The summed E-state index contributed by atoms with van der Waals surface area (Å²) < 4.78 is 4.87. The largest absolute Gasteiger partial charge is 0.466 e. The molecule has 0 aliphatic heterocycles. The quantitative estimate of drug-likeness (QED) is 0.544. The van der Waals surface area contributed by atoms with E-state index in [1.54, 1.807) is 11.3 Å². The first kappa shape index (κ1) is 14.2. The highest BCUT2D eigenvalue weighted by atomic mass is 32.1. The van der Waals surface area contributed by atoms with Crippen LogP contribution in [0.15, 0.2) is 16.8 Å². The molecule has 0 saturated carbocycles. The smallest absolute Gasteiger partial charge is 0.305 e. The van der Waals surface area contributed by atoms with E-state index in [2.05, 4.69) is 22.1 Å². The van der Waals surface area contributed by atoms with Crippen molar-refractivity contribution in [2.24, 2.45) is 0 Å². The average Bonchev–Trinajstić information content (AvgIpc) is 2.81. The molecule has 0 saturated heterocycles. The van der Waals surface area contributed by atoms with Gasteiger partial charge in [0.05, 0.1) is 6.61 Å². The van der Waals surface area contributed by atoms with Crippen molar-refractivity contribution in [1.82, 2.24) is 5.32 Å². The molecule has 0 atom stereocenters. The van der Waals surface area contributed by atoms with Crippen LogP contribution in [0.25, 0.3) is 0 Å². The Hall–Kier alpha value is -0.870. The first-order valence-corrected chi connectivity index (χ1v) is 7.14. The molecule has 1 heterocycles. The summed E-state index contributed by atoms with van der Waals surface area (Å²) in [6.07, 6.45) is 3.68. The maximum atomic E-state index is 11.1. The predicted octanol–water partition coefficient (Wildman–Crippen LogP) is 2.96. The van der Waals surface area contributed by atoms with Crippen molar-refractivity contribution in [2.75, 3.05) is 13.2 Å². The van der Waals surface area contributed by atoms with E-state index >= 15 is 0 Å². The zero-order valence-corrected chi connectivity index (χ0v) is 11.2. The average molecular weight is 255 g/mol. The second-order valence-corrected chi connectivity index (χ2v) is 4.70. The van der Waals surface area contributed by atoms with Gasteiger partial charge in [-0.2, -0.15) is 11.3 Å². The highest BCUT2D eigenvalue weighted by Gasteiger charge is 2.00. The van der Waals surface area contributed by atoms with Crippen LogP contribution >= 0.6 is 11.3 Å². The van der Waals surface area contributed by atoms with Crippen molar-refractivity contribution in [2.45, 2.75) is 39.2 Å². The van der Waals surface area contributed by atoms with Gasteiger partial charge in [0.25, 0.3) is 0 Å². The predicted molar refractivity (Wildman–Crippen MR) is 71.1 cm³/mol. The Morgan fingerprint density at radius 2 is 2.29 bits per heavy atom. The van der Waals surface area contributed by atoms with Gasteiger partial charge in [-0.3, -0.25) is 4.79 Å². The molecule has 0 unspecified atom stereocenters. The molecule has 17 heavy (non-hydrogen) atoms. The number of ether oxygens (including phenoxy) is 1. The van der Waals surface area contributed by atoms with Crippen LogP contribution in [0.3, 0.4) is 0 Å². The summed E-state index contributed by atoms with van der Waals surface area (Å²) in [6.45, 7) is 4.29. The van der Waals surface area contributed by atoms with Crippen LogP contribution in [0, 0.1) is 0 Å². The fraction of sp³-hybridized carbons (Fsp3) is 0.615. The van der Waals surface area contributed by atoms with E-state index in [4.69, 9.17) is 4.74 Å². The lowest BCUT2D eigenvalue weighted by Crippen LogP contribution is -2.14. The lowest BCUT2D eigenvalue weighted by Gasteiger charge is -2.03. The molecule has 4 heteroatoms. The highest BCUT2D eigenvalue weighted by Crippen LogP contribution is 2.05. The summed E-state index contributed by atoms with van der Waals surface area (Å²) in [5.74, 6) is -0.0706. The minimum absolute atomic E-state index is 0.0706. The molecular formula is C13H21NO2S. The van der Waals surface area contributed by atoms with E-state index in [-0.39, 0.29) is 5.97 Å². The zero-order valence-electron chi connectivity index (χ0n) is 10.4. The molecule has 1 N–H and O–H groups in total. The minimum Gasteiger partial charge on any atom is -0.466 e. The van der Waals surface area contributed by atoms with E-state index in [1.165, 1.54) is 5.56 Å². The summed E-state index contributed by atoms with van der Waals surface area (Å²) in [5, 5.41) is 7.65. The van der Waals surface area contributed by atoms with Crippen molar-refractivity contribution in [3.63, 3.8) is 0 Å². The monoisotopic (exact) mass is 255 g/mol. The SMILES string of the molecule is CCOC(=O)CCCCCNCc1ccsc1. The van der Waals surface area contributed by atoms with Crippen LogP contribution in [-0.4, -0.2) is 19.1 Å². The van der Waals surface area contributed by atoms with Gasteiger partial charge in [0.1, 0.15) is 0 Å². The number of unbranched alkanes of at least 4 members (excludes halogenated alkanes) is 2. The highest BCUT2D eigenvalue weighted by molar-refractivity contribution is 7.07. The zero-order chi connectivity index (χ0) is 12.3. The summed E-state index contributed by atoms with van der Waals surface area (Å²) in [7, 11) is 0. The van der Waals surface area contributed by atoms with Gasteiger partial charge in [0, 0.05) is 13.0 Å². The Balaban J connectivity index is 1.86. The molecule has 0 aromatic carbocycles. The van der Waals surface area contributed by atoms with Gasteiger partial charge in [-0.25, -0.2) is 0 Å². The van der Waals surface area contributed by atoms with E-state index in [0.29, 0.717) is 13.0 Å². The molecule has 1 aromatic heterocycles. The molecule has 3 nitrogen and oxygen atoms in total. The Kier molecular flexibility index (Phi) is 7.67. The number of esters is 1. The van der Waals surface area contributed by atoms with Crippen molar-refractivity contribution >= 4 is 17.3 Å². The molecule has 0 aliphatic carbocycles. The molecule has 0 spiro atoms. The Bertz CT molecular complexity index is 298. The number of nitrogens with one attached hydrogen (secondary N) is 1. The first-order chi connectivity index (χ1) is 8.33. The molecule has 0 radical (unpaired) electrons. The number of carbonyl (C=O) groups excluding carboxylic acids is 1. The summed E-state index contributed by atoms with van der Waals surface area (Å²) >= 11 is 1.73. The molecule has 1 rings (SSSR count). The number of hydrogen-bond acceptors (Lipinski definition) is 4. The van der Waals surface area contributed by atoms with Gasteiger partial charge in [0.2, 0.25) is 0 Å². The van der Waals surface area contributed by atoms with E-state index in [9.17, 15) is 4.79 Å². The number of carbonyl (C=O) groups is 1. The van der Waals surface area contributed by atoms with Gasteiger partial charge in [0.15, 0.2) is 0 Å². The lowest BCUT2D eigenvalue weighted by molar-refractivity contribution is -0.143. The first-order valence-electron chi connectivity index (χ1n) is 6.20. The topological polar surface area (TPSA) is 38.3 Å². The molecule has 0 amide bonds. The Morgan fingerprint density at radius 3 is 3.00 bits per heavy atom. The Labute approximate surface area is 107 Å². The van der Waals surface area contributed by atoms with Crippen molar-refractivity contribution in [3.05, 3.63) is 22.4 Å². The second-order valence-electron chi connectivity index (χ2n) is 3.92. The number of hydrogen-bond donors (Lipinski definition) is 1. The molecule has 0 aliphatic rings. The third-order valence-corrected chi connectivity index (χ3v) is 3.18. The van der Waals surface area contributed by atoms with E-state index < -0.39 is 0 Å². The van der Waals surface area contributed by atoms with Gasteiger partial charge in [-0.05, 0) is 48.7 Å². The summed E-state index contributed by atoms with van der Waals surface area (Å²) in [5.41, 5.74) is 1.35. The fourth-order valence-corrected chi connectivity index (χ4v) is 2.22. The molecule has 96 valence electrons. The third kappa shape index (κ3) is 7.13.